The minimum atomic E-state index is -0.433. The Balaban J connectivity index is 0.00000243. The topological polar surface area (TPSA) is 84.7 Å². The lowest BCUT2D eigenvalue weighted by molar-refractivity contribution is -0.122. The van der Waals surface area contributed by atoms with Crippen LogP contribution in [0.15, 0.2) is 42.5 Å². The van der Waals surface area contributed by atoms with Gasteiger partial charge in [-0.2, -0.15) is 0 Å². The second-order valence-electron chi connectivity index (χ2n) is 6.16. The zero-order chi connectivity index (χ0) is 18.0. The number of hydrogen-bond donors (Lipinski definition) is 2. The van der Waals surface area contributed by atoms with Gasteiger partial charge in [0, 0.05) is 13.0 Å². The molecule has 0 aromatic heterocycles. The highest BCUT2D eigenvalue weighted by Crippen LogP contribution is 2.34. The Labute approximate surface area is 158 Å². The Kier molecular flexibility index (Phi) is 6.10. The standard InChI is InChI=1S/C19H21N3O3.ClH/c1-12-7-8-17(25-2)16(9-12)22-11-13(10-18(22)23)19(24)21-15-6-4-3-5-14(15)20;/h3-9,13H,10-11,20H2,1-2H3,(H,21,24);1H. The van der Waals surface area contributed by atoms with Gasteiger partial charge in [-0.15, -0.1) is 12.4 Å². The molecule has 0 saturated carbocycles. The summed E-state index contributed by atoms with van der Waals surface area (Å²) >= 11 is 0. The molecule has 7 heteroatoms. The van der Waals surface area contributed by atoms with E-state index in [0.29, 0.717) is 29.4 Å². The van der Waals surface area contributed by atoms with Crippen LogP contribution >= 0.6 is 12.4 Å². The van der Waals surface area contributed by atoms with Crippen LogP contribution < -0.4 is 20.7 Å². The first-order valence-electron chi connectivity index (χ1n) is 8.10. The van der Waals surface area contributed by atoms with Gasteiger partial charge in [0.2, 0.25) is 11.8 Å². The SMILES string of the molecule is COc1ccc(C)cc1N1CC(C(=O)Nc2ccccc2N)CC1=O.Cl. The van der Waals surface area contributed by atoms with E-state index in [-0.39, 0.29) is 30.6 Å². The summed E-state index contributed by atoms with van der Waals surface area (Å²) in [4.78, 5) is 26.6. The van der Waals surface area contributed by atoms with Crippen molar-refractivity contribution in [2.45, 2.75) is 13.3 Å². The van der Waals surface area contributed by atoms with Crippen LogP contribution in [0, 0.1) is 12.8 Å². The third kappa shape index (κ3) is 3.91. The van der Waals surface area contributed by atoms with Crippen molar-refractivity contribution in [1.29, 1.82) is 0 Å². The number of nitrogen functional groups attached to an aromatic ring is 1. The maximum Gasteiger partial charge on any atom is 0.229 e. The fourth-order valence-corrected chi connectivity index (χ4v) is 2.97. The normalized spacial score (nSPS) is 16.2. The number of aryl methyl sites for hydroxylation is 1. The molecule has 1 atom stereocenters. The molecule has 0 bridgehead atoms. The number of nitrogens with two attached hydrogens (primary N) is 1. The van der Waals surface area contributed by atoms with Gasteiger partial charge in [-0.1, -0.05) is 18.2 Å². The molecule has 1 fully saturated rings. The van der Waals surface area contributed by atoms with Gasteiger partial charge in [0.15, 0.2) is 0 Å². The summed E-state index contributed by atoms with van der Waals surface area (Å²) in [6, 6.07) is 12.7. The van der Waals surface area contributed by atoms with Crippen LogP contribution in [0.3, 0.4) is 0 Å². The van der Waals surface area contributed by atoms with Crippen molar-refractivity contribution in [2.24, 2.45) is 5.92 Å². The quantitative estimate of drug-likeness (QED) is 0.804. The number of carbonyl (C=O) groups excluding carboxylic acids is 2. The summed E-state index contributed by atoms with van der Waals surface area (Å²) in [6.45, 7) is 2.27. The first-order chi connectivity index (χ1) is 12.0. The second-order valence-corrected chi connectivity index (χ2v) is 6.16. The fourth-order valence-electron chi connectivity index (χ4n) is 2.97. The zero-order valence-corrected chi connectivity index (χ0v) is 15.5. The highest BCUT2D eigenvalue weighted by atomic mass is 35.5. The average molecular weight is 376 g/mol. The molecule has 1 heterocycles. The van der Waals surface area contributed by atoms with Crippen LogP contribution in [0.25, 0.3) is 0 Å². The highest BCUT2D eigenvalue weighted by Gasteiger charge is 2.36. The van der Waals surface area contributed by atoms with E-state index in [9.17, 15) is 9.59 Å². The summed E-state index contributed by atoms with van der Waals surface area (Å²) in [5, 5.41) is 2.81. The summed E-state index contributed by atoms with van der Waals surface area (Å²) < 4.78 is 5.36. The molecule has 1 unspecified atom stereocenters. The van der Waals surface area contributed by atoms with Gasteiger partial charge in [0.25, 0.3) is 0 Å². The Hall–Kier alpha value is -2.73. The van der Waals surface area contributed by atoms with Crippen LogP contribution in [0.1, 0.15) is 12.0 Å². The first-order valence-corrected chi connectivity index (χ1v) is 8.10. The number of methoxy groups -OCH3 is 1. The largest absolute Gasteiger partial charge is 0.495 e. The van der Waals surface area contributed by atoms with Gasteiger partial charge in [0.05, 0.1) is 30.1 Å². The van der Waals surface area contributed by atoms with Gasteiger partial charge in [-0.25, -0.2) is 0 Å². The number of hydrogen-bond acceptors (Lipinski definition) is 4. The molecular formula is C19H22ClN3O3. The van der Waals surface area contributed by atoms with E-state index in [1.54, 1.807) is 36.3 Å². The molecule has 1 saturated heterocycles. The van der Waals surface area contributed by atoms with Crippen molar-refractivity contribution in [3.8, 4) is 5.75 Å². The second kappa shape index (κ2) is 8.10. The van der Waals surface area contributed by atoms with Crippen molar-refractivity contribution in [2.75, 3.05) is 29.6 Å². The lowest BCUT2D eigenvalue weighted by Crippen LogP contribution is -2.28. The Morgan fingerprint density at radius 2 is 2.00 bits per heavy atom. The maximum atomic E-state index is 12.5. The minimum Gasteiger partial charge on any atom is -0.495 e. The van der Waals surface area contributed by atoms with E-state index >= 15 is 0 Å². The molecule has 138 valence electrons. The predicted molar refractivity (Wildman–Crippen MR) is 105 cm³/mol. The van der Waals surface area contributed by atoms with Gasteiger partial charge in [0.1, 0.15) is 5.75 Å². The molecule has 0 aliphatic carbocycles. The molecular weight excluding hydrogens is 354 g/mol. The summed E-state index contributed by atoms with van der Waals surface area (Å²) in [5.74, 6) is -0.116. The van der Waals surface area contributed by atoms with Crippen LogP contribution in [0.5, 0.6) is 5.75 Å². The van der Waals surface area contributed by atoms with Crippen LogP contribution in [0.2, 0.25) is 0 Å². The molecule has 26 heavy (non-hydrogen) atoms. The monoisotopic (exact) mass is 375 g/mol. The van der Waals surface area contributed by atoms with Crippen LogP contribution in [0.4, 0.5) is 17.1 Å². The smallest absolute Gasteiger partial charge is 0.229 e. The van der Waals surface area contributed by atoms with Crippen molar-refractivity contribution in [1.82, 2.24) is 0 Å². The van der Waals surface area contributed by atoms with E-state index in [1.807, 2.05) is 25.1 Å². The number of halogens is 1. The average Bonchev–Trinajstić information content (AvgIpc) is 2.98. The van der Waals surface area contributed by atoms with Crippen LogP contribution in [-0.2, 0) is 9.59 Å². The minimum absolute atomic E-state index is 0. The summed E-state index contributed by atoms with van der Waals surface area (Å²) in [7, 11) is 1.57. The van der Waals surface area contributed by atoms with Gasteiger partial charge in [-0.3, -0.25) is 9.59 Å². The fraction of sp³-hybridized carbons (Fsp3) is 0.263. The van der Waals surface area contributed by atoms with Gasteiger partial charge < -0.3 is 20.7 Å². The molecule has 2 amide bonds. The number of nitrogens with one attached hydrogen (secondary N) is 1. The molecule has 0 spiro atoms. The number of amides is 2. The van der Waals surface area contributed by atoms with Crippen molar-refractivity contribution >= 4 is 41.3 Å². The van der Waals surface area contributed by atoms with E-state index in [2.05, 4.69) is 5.32 Å². The molecule has 2 aromatic carbocycles. The zero-order valence-electron chi connectivity index (χ0n) is 14.7. The molecule has 3 rings (SSSR count). The summed E-state index contributed by atoms with van der Waals surface area (Å²) in [6.07, 6.45) is 0.162. The number of para-hydroxylation sites is 2. The molecule has 6 nitrogen and oxygen atoms in total. The lowest BCUT2D eigenvalue weighted by atomic mass is 10.1. The molecule has 1 aliphatic heterocycles. The van der Waals surface area contributed by atoms with E-state index in [1.165, 1.54) is 0 Å². The number of carbonyl (C=O) groups is 2. The third-order valence-electron chi connectivity index (χ3n) is 4.34. The molecule has 2 aromatic rings. The van der Waals surface area contributed by atoms with E-state index in [4.69, 9.17) is 10.5 Å². The third-order valence-corrected chi connectivity index (χ3v) is 4.34. The van der Waals surface area contributed by atoms with Crippen molar-refractivity contribution in [3.63, 3.8) is 0 Å². The maximum absolute atomic E-state index is 12.5. The van der Waals surface area contributed by atoms with Gasteiger partial charge >= 0.3 is 0 Å². The number of ether oxygens (including phenoxy) is 1. The number of benzene rings is 2. The van der Waals surface area contributed by atoms with Gasteiger partial charge in [-0.05, 0) is 36.8 Å². The highest BCUT2D eigenvalue weighted by molar-refractivity contribution is 6.05. The molecule has 0 radical (unpaired) electrons. The predicted octanol–water partition coefficient (Wildman–Crippen LogP) is 3.00. The van der Waals surface area contributed by atoms with Crippen LogP contribution in [-0.4, -0.2) is 25.5 Å². The van der Waals surface area contributed by atoms with Crippen molar-refractivity contribution in [3.05, 3.63) is 48.0 Å². The molecule has 1 aliphatic rings. The van der Waals surface area contributed by atoms with E-state index in [0.717, 1.165) is 5.56 Å². The Morgan fingerprint density at radius 1 is 1.27 bits per heavy atom. The van der Waals surface area contributed by atoms with Crippen molar-refractivity contribution < 1.29 is 14.3 Å². The number of rotatable bonds is 4. The molecule has 3 N–H and O–H groups in total. The lowest BCUT2D eigenvalue weighted by Gasteiger charge is -2.20. The van der Waals surface area contributed by atoms with E-state index < -0.39 is 5.92 Å². The number of nitrogens with zero attached hydrogens (tertiary/aromatic N) is 1. The Bertz CT molecular complexity index is 825. The summed E-state index contributed by atoms with van der Waals surface area (Å²) in [5.41, 5.74) is 8.64. The Morgan fingerprint density at radius 3 is 2.69 bits per heavy atom. The first kappa shape index (κ1) is 19.6. The number of anilines is 3.